The molecule has 0 spiro atoms. The van der Waals surface area contributed by atoms with Gasteiger partial charge < -0.3 is 25.0 Å². The number of methoxy groups -OCH3 is 1. The number of carbonyl (C=O) groups excluding carboxylic acids is 4. The molecule has 2 unspecified atom stereocenters. The topological polar surface area (TPSA) is 114 Å². The van der Waals surface area contributed by atoms with Crippen LogP contribution in [0.4, 0.5) is 4.79 Å². The lowest BCUT2D eigenvalue weighted by Gasteiger charge is -2.42. The molecule has 0 heterocycles. The van der Waals surface area contributed by atoms with E-state index in [0.29, 0.717) is 5.56 Å². The van der Waals surface area contributed by atoms with Crippen LogP contribution < -0.4 is 10.6 Å². The number of aryl methyl sites for hydroxylation is 1. The lowest BCUT2D eigenvalue weighted by atomic mass is 9.95. The minimum Gasteiger partial charge on any atom is -0.468 e. The maximum Gasteiger partial charge on any atom is 0.408 e. The number of thiol groups is 1. The Labute approximate surface area is 207 Å². The van der Waals surface area contributed by atoms with E-state index in [1.807, 2.05) is 19.1 Å². The van der Waals surface area contributed by atoms with Crippen molar-refractivity contribution in [1.82, 2.24) is 15.5 Å². The number of amides is 3. The van der Waals surface area contributed by atoms with Crippen molar-refractivity contribution in [2.75, 3.05) is 19.4 Å². The largest absolute Gasteiger partial charge is 0.468 e. The van der Waals surface area contributed by atoms with Crippen LogP contribution in [0.1, 0.15) is 58.7 Å². The Morgan fingerprint density at radius 2 is 1.59 bits per heavy atom. The molecule has 0 saturated carbocycles. The third kappa shape index (κ3) is 8.89. The van der Waals surface area contributed by atoms with Crippen molar-refractivity contribution >= 4 is 36.5 Å². The molecule has 0 aliphatic carbocycles. The van der Waals surface area contributed by atoms with E-state index >= 15 is 0 Å². The van der Waals surface area contributed by atoms with Crippen LogP contribution in [-0.4, -0.2) is 65.4 Å². The van der Waals surface area contributed by atoms with Crippen molar-refractivity contribution in [3.8, 4) is 0 Å². The van der Waals surface area contributed by atoms with Crippen LogP contribution in [-0.2, 0) is 23.9 Å². The fraction of sp³-hybridized carbons (Fsp3) is 0.583. The summed E-state index contributed by atoms with van der Waals surface area (Å²) in [5.74, 6) is -1.72. The molecule has 190 valence electrons. The highest BCUT2D eigenvalue weighted by molar-refractivity contribution is 7.80. The van der Waals surface area contributed by atoms with Gasteiger partial charge in [0.05, 0.1) is 7.11 Å². The monoisotopic (exact) mass is 495 g/mol. The molecule has 0 radical (unpaired) electrons. The molecule has 2 atom stereocenters. The average molecular weight is 496 g/mol. The van der Waals surface area contributed by atoms with E-state index in [0.717, 1.165) is 5.56 Å². The zero-order chi connectivity index (χ0) is 26.3. The predicted octanol–water partition coefficient (Wildman–Crippen LogP) is 2.78. The van der Waals surface area contributed by atoms with Gasteiger partial charge in [-0.1, -0.05) is 29.8 Å². The summed E-state index contributed by atoms with van der Waals surface area (Å²) in [6.07, 6.45) is -0.768. The average Bonchev–Trinajstić information content (AvgIpc) is 2.71. The van der Waals surface area contributed by atoms with Crippen molar-refractivity contribution in [2.24, 2.45) is 0 Å². The van der Waals surface area contributed by atoms with E-state index < -0.39 is 47.1 Å². The van der Waals surface area contributed by atoms with Gasteiger partial charge in [-0.3, -0.25) is 14.4 Å². The number of alkyl carbamates (subject to hydrolysis) is 1. The molecule has 34 heavy (non-hydrogen) atoms. The molecule has 0 bridgehead atoms. The van der Waals surface area contributed by atoms with Gasteiger partial charge in [0.15, 0.2) is 0 Å². The normalized spacial score (nSPS) is 13.3. The van der Waals surface area contributed by atoms with Crippen LogP contribution >= 0.6 is 12.6 Å². The van der Waals surface area contributed by atoms with Crippen molar-refractivity contribution < 1.29 is 28.7 Å². The summed E-state index contributed by atoms with van der Waals surface area (Å²) in [5.41, 5.74) is -0.0697. The van der Waals surface area contributed by atoms with Gasteiger partial charge in [0, 0.05) is 11.3 Å². The van der Waals surface area contributed by atoms with Crippen LogP contribution in [0.5, 0.6) is 0 Å². The SMILES string of the molecule is COC(=O)CNC(=O)C(c1ccc(C)cc1)N(C(=O)C(CS)NC(=O)OC(C)(C)C)C(C)(C)C. The summed E-state index contributed by atoms with van der Waals surface area (Å²) >= 11 is 4.25. The summed E-state index contributed by atoms with van der Waals surface area (Å²) in [4.78, 5) is 52.4. The zero-order valence-corrected chi connectivity index (χ0v) is 22.1. The minimum atomic E-state index is -1.08. The number of hydrogen-bond donors (Lipinski definition) is 3. The van der Waals surface area contributed by atoms with Gasteiger partial charge in [0.2, 0.25) is 11.8 Å². The van der Waals surface area contributed by atoms with E-state index in [-0.39, 0.29) is 12.3 Å². The number of esters is 1. The highest BCUT2D eigenvalue weighted by atomic mass is 32.1. The number of rotatable bonds is 8. The van der Waals surface area contributed by atoms with Gasteiger partial charge in [-0.15, -0.1) is 0 Å². The molecular weight excluding hydrogens is 458 g/mol. The van der Waals surface area contributed by atoms with Gasteiger partial charge in [-0.2, -0.15) is 12.6 Å². The van der Waals surface area contributed by atoms with E-state index in [4.69, 9.17) is 4.74 Å². The highest BCUT2D eigenvalue weighted by Gasteiger charge is 2.41. The smallest absolute Gasteiger partial charge is 0.408 e. The number of nitrogens with one attached hydrogen (secondary N) is 2. The molecule has 3 amide bonds. The van der Waals surface area contributed by atoms with Gasteiger partial charge in [-0.05, 0) is 54.0 Å². The summed E-state index contributed by atoms with van der Waals surface area (Å²) in [7, 11) is 1.22. The second-order valence-corrected chi connectivity index (χ2v) is 10.2. The molecular formula is C24H37N3O6S. The number of hydrogen-bond acceptors (Lipinski definition) is 7. The lowest BCUT2D eigenvalue weighted by molar-refractivity contribution is -0.149. The zero-order valence-electron chi connectivity index (χ0n) is 21.2. The van der Waals surface area contributed by atoms with Gasteiger partial charge in [0.25, 0.3) is 0 Å². The molecule has 0 fully saturated rings. The summed E-state index contributed by atoms with van der Waals surface area (Å²) in [6.45, 7) is 12.0. The number of nitrogens with zero attached hydrogens (tertiary/aromatic N) is 1. The van der Waals surface area contributed by atoms with Crippen molar-refractivity contribution in [1.29, 1.82) is 0 Å². The van der Waals surface area contributed by atoms with E-state index in [1.165, 1.54) is 12.0 Å². The Balaban J connectivity index is 3.42. The number of ether oxygens (including phenoxy) is 2. The van der Waals surface area contributed by atoms with Gasteiger partial charge in [-0.25, -0.2) is 4.79 Å². The van der Waals surface area contributed by atoms with Crippen LogP contribution in [0.25, 0.3) is 0 Å². The van der Waals surface area contributed by atoms with Crippen LogP contribution in [0, 0.1) is 6.92 Å². The number of carbonyl (C=O) groups is 4. The molecule has 0 aromatic heterocycles. The molecule has 0 saturated heterocycles. The fourth-order valence-electron chi connectivity index (χ4n) is 3.14. The quantitative estimate of drug-likeness (QED) is 0.378. The first-order valence-corrected chi connectivity index (χ1v) is 11.6. The predicted molar refractivity (Wildman–Crippen MR) is 133 cm³/mol. The first kappa shape index (κ1) is 29.3. The third-order valence-corrected chi connectivity index (χ3v) is 5.03. The molecule has 0 aliphatic heterocycles. The van der Waals surface area contributed by atoms with Crippen molar-refractivity contribution in [2.45, 2.75) is 71.7 Å². The van der Waals surface area contributed by atoms with Gasteiger partial charge >= 0.3 is 12.1 Å². The highest BCUT2D eigenvalue weighted by Crippen LogP contribution is 2.30. The maximum atomic E-state index is 13.7. The molecule has 1 aromatic carbocycles. The molecule has 1 rings (SSSR count). The van der Waals surface area contributed by atoms with E-state index in [2.05, 4.69) is 28.0 Å². The van der Waals surface area contributed by atoms with E-state index in [9.17, 15) is 19.2 Å². The second-order valence-electron chi connectivity index (χ2n) is 9.87. The maximum absolute atomic E-state index is 13.7. The van der Waals surface area contributed by atoms with Crippen LogP contribution in [0.15, 0.2) is 24.3 Å². The van der Waals surface area contributed by atoms with E-state index in [1.54, 1.807) is 53.7 Å². The molecule has 1 aromatic rings. The minimum absolute atomic E-state index is 0.0188. The van der Waals surface area contributed by atoms with Crippen molar-refractivity contribution in [3.05, 3.63) is 35.4 Å². The molecule has 0 aliphatic rings. The summed E-state index contributed by atoms with van der Waals surface area (Å²) in [5, 5.41) is 5.10. The fourth-order valence-corrected chi connectivity index (χ4v) is 3.39. The molecule has 2 N–H and O–H groups in total. The second kappa shape index (κ2) is 12.1. The number of benzene rings is 1. The van der Waals surface area contributed by atoms with Gasteiger partial charge in [0.1, 0.15) is 24.2 Å². The third-order valence-electron chi connectivity index (χ3n) is 4.67. The standard InChI is InChI=1S/C24H37N3O6S/c1-15-9-11-16(12-10-15)19(20(29)25-13-18(28)32-8)27(23(2,3)4)21(30)17(14-34)26-22(31)33-24(5,6)7/h9-12,17,19,34H,13-14H2,1-8H3,(H,25,29)(H,26,31). The van der Waals surface area contributed by atoms with Crippen molar-refractivity contribution in [3.63, 3.8) is 0 Å². The Kier molecular flexibility index (Phi) is 10.4. The molecule has 10 heteroatoms. The Hall–Kier alpha value is -2.75. The van der Waals surface area contributed by atoms with Crippen LogP contribution in [0.3, 0.4) is 0 Å². The van der Waals surface area contributed by atoms with Crippen LogP contribution in [0.2, 0.25) is 0 Å². The Morgan fingerprint density at radius 3 is 2.03 bits per heavy atom. The lowest BCUT2D eigenvalue weighted by Crippen LogP contribution is -2.59. The summed E-state index contributed by atoms with van der Waals surface area (Å²) < 4.78 is 9.89. The summed E-state index contributed by atoms with van der Waals surface area (Å²) in [6, 6.07) is 5.02. The Bertz CT molecular complexity index is 874. The first-order valence-electron chi connectivity index (χ1n) is 11.0. The Morgan fingerprint density at radius 1 is 1.03 bits per heavy atom. The first-order chi connectivity index (χ1) is 15.6. The molecule has 9 nitrogen and oxygen atoms in total.